The second-order valence-electron chi connectivity index (χ2n) is 2.59. The van der Waals surface area contributed by atoms with E-state index in [4.69, 9.17) is 9.84 Å². The standard InChI is InChI=1S/C8H11N3O3/c1-5-7(14-2)8(11-4-10-5)9-3-6(12)13/h4H,3H2,1-2H3,(H,12,13)(H,9,10,11). The largest absolute Gasteiger partial charge is 0.491 e. The Labute approximate surface area is 80.9 Å². The number of carboxylic acid groups (broad SMARTS) is 1. The number of aromatic nitrogens is 2. The van der Waals surface area contributed by atoms with Crippen LogP contribution in [0, 0.1) is 6.92 Å². The summed E-state index contributed by atoms with van der Waals surface area (Å²) in [4.78, 5) is 18.1. The molecule has 0 aromatic carbocycles. The quantitative estimate of drug-likeness (QED) is 0.721. The first-order valence-electron chi connectivity index (χ1n) is 3.96. The second-order valence-corrected chi connectivity index (χ2v) is 2.59. The van der Waals surface area contributed by atoms with Crippen LogP contribution in [0.3, 0.4) is 0 Å². The van der Waals surface area contributed by atoms with Gasteiger partial charge < -0.3 is 15.2 Å². The Kier molecular flexibility index (Phi) is 3.22. The van der Waals surface area contributed by atoms with Crippen LogP contribution in [-0.2, 0) is 4.79 Å². The van der Waals surface area contributed by atoms with E-state index in [2.05, 4.69) is 15.3 Å². The van der Waals surface area contributed by atoms with Crippen molar-refractivity contribution < 1.29 is 14.6 Å². The number of anilines is 1. The van der Waals surface area contributed by atoms with Crippen molar-refractivity contribution in [3.8, 4) is 5.75 Å². The van der Waals surface area contributed by atoms with Gasteiger partial charge >= 0.3 is 5.97 Å². The van der Waals surface area contributed by atoms with Gasteiger partial charge in [-0.25, -0.2) is 9.97 Å². The zero-order chi connectivity index (χ0) is 10.6. The van der Waals surface area contributed by atoms with E-state index in [-0.39, 0.29) is 6.54 Å². The molecule has 1 aromatic rings. The molecule has 0 aliphatic heterocycles. The number of nitrogens with one attached hydrogen (secondary N) is 1. The lowest BCUT2D eigenvalue weighted by Crippen LogP contribution is -2.14. The SMILES string of the molecule is COc1c(C)ncnc1NCC(=O)O. The molecule has 0 saturated carbocycles. The number of carbonyl (C=O) groups is 1. The fraction of sp³-hybridized carbons (Fsp3) is 0.375. The van der Waals surface area contributed by atoms with Gasteiger partial charge in [0.05, 0.1) is 12.8 Å². The van der Waals surface area contributed by atoms with Gasteiger partial charge in [-0.3, -0.25) is 4.79 Å². The van der Waals surface area contributed by atoms with Crippen molar-refractivity contribution in [3.63, 3.8) is 0 Å². The molecule has 1 heterocycles. The number of nitrogens with zero attached hydrogens (tertiary/aromatic N) is 2. The van der Waals surface area contributed by atoms with E-state index < -0.39 is 5.97 Å². The van der Waals surface area contributed by atoms with E-state index in [9.17, 15) is 4.79 Å². The van der Waals surface area contributed by atoms with Crippen LogP contribution in [0.15, 0.2) is 6.33 Å². The zero-order valence-corrected chi connectivity index (χ0v) is 7.94. The Balaban J connectivity index is 2.85. The maximum Gasteiger partial charge on any atom is 0.322 e. The van der Waals surface area contributed by atoms with E-state index in [1.54, 1.807) is 6.92 Å². The molecular formula is C8H11N3O3. The molecule has 0 aliphatic rings. The molecule has 0 fully saturated rings. The molecule has 0 saturated heterocycles. The molecule has 2 N–H and O–H groups in total. The summed E-state index contributed by atoms with van der Waals surface area (Å²) in [6, 6.07) is 0. The summed E-state index contributed by atoms with van der Waals surface area (Å²) in [7, 11) is 1.48. The van der Waals surface area contributed by atoms with Crippen LogP contribution in [0.25, 0.3) is 0 Å². The topological polar surface area (TPSA) is 84.3 Å². The molecule has 0 bridgehead atoms. The van der Waals surface area contributed by atoms with Crippen LogP contribution in [-0.4, -0.2) is 34.7 Å². The first-order valence-corrected chi connectivity index (χ1v) is 3.96. The van der Waals surface area contributed by atoms with Crippen LogP contribution in [0.2, 0.25) is 0 Å². The Bertz CT molecular complexity index is 341. The number of aliphatic carboxylic acids is 1. The molecule has 0 unspecified atom stereocenters. The normalized spacial score (nSPS) is 9.57. The zero-order valence-electron chi connectivity index (χ0n) is 7.94. The highest BCUT2D eigenvalue weighted by Gasteiger charge is 2.08. The smallest absolute Gasteiger partial charge is 0.322 e. The molecule has 0 atom stereocenters. The van der Waals surface area contributed by atoms with Gasteiger partial charge in [-0.2, -0.15) is 0 Å². The van der Waals surface area contributed by atoms with Crippen molar-refractivity contribution in [1.82, 2.24) is 9.97 Å². The first-order chi connectivity index (χ1) is 6.65. The van der Waals surface area contributed by atoms with Gasteiger partial charge in [-0.05, 0) is 6.92 Å². The van der Waals surface area contributed by atoms with Gasteiger partial charge in [0.15, 0.2) is 11.6 Å². The van der Waals surface area contributed by atoms with E-state index in [1.807, 2.05) is 0 Å². The van der Waals surface area contributed by atoms with Crippen molar-refractivity contribution >= 4 is 11.8 Å². The molecule has 0 amide bonds. The van der Waals surface area contributed by atoms with Crippen molar-refractivity contribution in [2.75, 3.05) is 19.0 Å². The predicted octanol–water partition coefficient (Wildman–Crippen LogP) is 0.290. The molecular weight excluding hydrogens is 186 g/mol. The number of hydrogen-bond acceptors (Lipinski definition) is 5. The highest BCUT2D eigenvalue weighted by atomic mass is 16.5. The summed E-state index contributed by atoms with van der Waals surface area (Å²) >= 11 is 0. The van der Waals surface area contributed by atoms with E-state index in [1.165, 1.54) is 13.4 Å². The first kappa shape index (κ1) is 10.2. The van der Waals surface area contributed by atoms with Gasteiger partial charge in [0, 0.05) is 0 Å². The molecule has 6 heteroatoms. The van der Waals surface area contributed by atoms with Crippen LogP contribution in [0.5, 0.6) is 5.75 Å². The predicted molar refractivity (Wildman–Crippen MR) is 49.4 cm³/mol. The number of hydrogen-bond donors (Lipinski definition) is 2. The number of carboxylic acids is 1. The summed E-state index contributed by atoms with van der Waals surface area (Å²) in [5.41, 5.74) is 0.662. The monoisotopic (exact) mass is 197 g/mol. The van der Waals surface area contributed by atoms with Gasteiger partial charge in [-0.1, -0.05) is 0 Å². The summed E-state index contributed by atoms with van der Waals surface area (Å²) in [6.07, 6.45) is 1.35. The number of ether oxygens (including phenoxy) is 1. The molecule has 1 rings (SSSR count). The van der Waals surface area contributed by atoms with Crippen molar-refractivity contribution in [2.24, 2.45) is 0 Å². The summed E-state index contributed by atoms with van der Waals surface area (Å²) in [5.74, 6) is -0.0977. The van der Waals surface area contributed by atoms with Gasteiger partial charge in [-0.15, -0.1) is 0 Å². The molecule has 76 valence electrons. The minimum Gasteiger partial charge on any atom is -0.491 e. The summed E-state index contributed by atoms with van der Waals surface area (Å²) < 4.78 is 5.03. The lowest BCUT2D eigenvalue weighted by molar-refractivity contribution is -0.134. The van der Waals surface area contributed by atoms with Gasteiger partial charge in [0.2, 0.25) is 0 Å². The summed E-state index contributed by atoms with van der Waals surface area (Å²) in [5, 5.41) is 11.1. The fourth-order valence-electron chi connectivity index (χ4n) is 0.991. The highest BCUT2D eigenvalue weighted by Crippen LogP contribution is 2.22. The molecule has 0 aliphatic carbocycles. The molecule has 6 nitrogen and oxygen atoms in total. The van der Waals surface area contributed by atoms with E-state index in [0.29, 0.717) is 17.3 Å². The van der Waals surface area contributed by atoms with Crippen LogP contribution >= 0.6 is 0 Å². The Hall–Kier alpha value is -1.85. The maximum absolute atomic E-state index is 10.3. The average Bonchev–Trinajstić information content (AvgIpc) is 2.14. The third-order valence-corrected chi connectivity index (χ3v) is 1.59. The Morgan fingerprint density at radius 2 is 2.36 bits per heavy atom. The third kappa shape index (κ3) is 2.32. The Morgan fingerprint density at radius 3 is 2.93 bits per heavy atom. The van der Waals surface area contributed by atoms with E-state index in [0.717, 1.165) is 0 Å². The highest BCUT2D eigenvalue weighted by molar-refractivity contribution is 5.73. The fourth-order valence-corrected chi connectivity index (χ4v) is 0.991. The molecule has 0 radical (unpaired) electrons. The van der Waals surface area contributed by atoms with Crippen LogP contribution in [0.1, 0.15) is 5.69 Å². The van der Waals surface area contributed by atoms with Gasteiger partial charge in [0.1, 0.15) is 12.9 Å². The Morgan fingerprint density at radius 1 is 1.64 bits per heavy atom. The summed E-state index contributed by atoms with van der Waals surface area (Å²) in [6.45, 7) is 1.55. The number of rotatable bonds is 4. The number of aryl methyl sites for hydroxylation is 1. The lowest BCUT2D eigenvalue weighted by Gasteiger charge is -2.09. The molecule has 0 spiro atoms. The van der Waals surface area contributed by atoms with Gasteiger partial charge in [0.25, 0.3) is 0 Å². The minimum atomic E-state index is -0.955. The van der Waals surface area contributed by atoms with Crippen LogP contribution in [0.4, 0.5) is 5.82 Å². The molecule has 1 aromatic heterocycles. The van der Waals surface area contributed by atoms with E-state index >= 15 is 0 Å². The molecule has 14 heavy (non-hydrogen) atoms. The second kappa shape index (κ2) is 4.40. The van der Waals surface area contributed by atoms with Crippen molar-refractivity contribution in [2.45, 2.75) is 6.92 Å². The average molecular weight is 197 g/mol. The minimum absolute atomic E-state index is 0.202. The lowest BCUT2D eigenvalue weighted by atomic mass is 10.4. The van der Waals surface area contributed by atoms with Crippen molar-refractivity contribution in [3.05, 3.63) is 12.0 Å². The maximum atomic E-state index is 10.3. The number of methoxy groups -OCH3 is 1. The third-order valence-electron chi connectivity index (χ3n) is 1.59. The van der Waals surface area contributed by atoms with Crippen LogP contribution < -0.4 is 10.1 Å². The van der Waals surface area contributed by atoms with Crippen molar-refractivity contribution in [1.29, 1.82) is 0 Å².